The van der Waals surface area contributed by atoms with E-state index in [0.29, 0.717) is 0 Å². The third kappa shape index (κ3) is 3.60. The number of rotatable bonds is 5. The Balaban J connectivity index is 2.51. The minimum atomic E-state index is -0.865. The van der Waals surface area contributed by atoms with Gasteiger partial charge in [-0.1, -0.05) is 19.1 Å². The molecule has 0 aromatic heterocycles. The highest BCUT2D eigenvalue weighted by Crippen LogP contribution is 2.07. The maximum absolute atomic E-state index is 11.1. The summed E-state index contributed by atoms with van der Waals surface area (Å²) in [5.74, 6) is 0. The summed E-state index contributed by atoms with van der Waals surface area (Å²) in [5, 5.41) is 3.32. The Labute approximate surface area is 88.2 Å². The Morgan fingerprint density at radius 1 is 1.29 bits per heavy atom. The van der Waals surface area contributed by atoms with E-state index in [0.717, 1.165) is 24.4 Å². The lowest BCUT2D eigenvalue weighted by atomic mass is 10.2. The lowest BCUT2D eigenvalue weighted by Crippen LogP contribution is -2.13. The number of nitrogens with one attached hydrogen (secondary N) is 1. The summed E-state index contributed by atoms with van der Waals surface area (Å²) < 4.78 is 11.1. The molecule has 0 radical (unpaired) electrons. The van der Waals surface area contributed by atoms with Gasteiger partial charge in [0.2, 0.25) is 0 Å². The molecule has 1 atom stereocenters. The highest BCUT2D eigenvalue weighted by molar-refractivity contribution is 7.84. The lowest BCUT2D eigenvalue weighted by molar-refractivity contribution is 0.674. The van der Waals surface area contributed by atoms with Crippen LogP contribution in [0.25, 0.3) is 0 Å². The second-order valence-corrected chi connectivity index (χ2v) is 4.65. The van der Waals surface area contributed by atoms with Crippen LogP contribution >= 0.6 is 0 Å². The first-order valence-corrected chi connectivity index (χ1v) is 6.43. The fourth-order valence-corrected chi connectivity index (χ4v) is 1.73. The summed E-state index contributed by atoms with van der Waals surface area (Å²) in [5.41, 5.74) is 1.24. The summed E-state index contributed by atoms with van der Waals surface area (Å²) in [6.45, 7) is 4.09. The number of hydrogen-bond donors (Lipinski definition) is 1. The molecule has 1 N–H and O–H groups in total. The Bertz CT molecular complexity index is 295. The molecule has 0 saturated heterocycles. The molecule has 78 valence electrons. The van der Waals surface area contributed by atoms with Gasteiger partial charge in [-0.2, -0.15) is 0 Å². The van der Waals surface area contributed by atoms with Crippen molar-refractivity contribution in [2.45, 2.75) is 24.8 Å². The molecule has 0 heterocycles. The van der Waals surface area contributed by atoms with Gasteiger partial charge in [0.25, 0.3) is 0 Å². The minimum Gasteiger partial charge on any atom is -0.313 e. The van der Waals surface area contributed by atoms with Crippen molar-refractivity contribution in [1.82, 2.24) is 5.32 Å². The Hall–Kier alpha value is -0.670. The first-order chi connectivity index (χ1) is 6.74. The molecule has 0 spiro atoms. The van der Waals surface area contributed by atoms with Gasteiger partial charge in [-0.05, 0) is 30.7 Å². The summed E-state index contributed by atoms with van der Waals surface area (Å²) in [7, 11) is -0.865. The summed E-state index contributed by atoms with van der Waals surface area (Å²) in [6.07, 6.45) is 2.85. The van der Waals surface area contributed by atoms with Crippen LogP contribution in [0.5, 0.6) is 0 Å². The molecule has 0 saturated carbocycles. The van der Waals surface area contributed by atoms with Gasteiger partial charge in [-0.3, -0.25) is 4.21 Å². The maximum atomic E-state index is 11.1. The van der Waals surface area contributed by atoms with Crippen molar-refractivity contribution in [3.63, 3.8) is 0 Å². The average molecular weight is 211 g/mol. The summed E-state index contributed by atoms with van der Waals surface area (Å²) >= 11 is 0. The van der Waals surface area contributed by atoms with Crippen molar-refractivity contribution in [2.24, 2.45) is 0 Å². The van der Waals surface area contributed by atoms with Gasteiger partial charge in [0, 0.05) is 28.5 Å². The molecular formula is C11H17NOS. The molecular weight excluding hydrogens is 194 g/mol. The lowest BCUT2D eigenvalue weighted by Gasteiger charge is -2.03. The van der Waals surface area contributed by atoms with Crippen LogP contribution in [0.4, 0.5) is 0 Å². The molecule has 3 heteroatoms. The standard InChI is InChI=1S/C11H17NOS/c1-3-8-12-9-10-4-6-11(7-5-10)14(2)13/h4-7,12H,3,8-9H2,1-2H3. The van der Waals surface area contributed by atoms with Gasteiger partial charge in [-0.25, -0.2) is 0 Å². The molecule has 0 aliphatic rings. The van der Waals surface area contributed by atoms with E-state index >= 15 is 0 Å². The van der Waals surface area contributed by atoms with Crippen molar-refractivity contribution < 1.29 is 4.21 Å². The number of benzene rings is 1. The van der Waals surface area contributed by atoms with E-state index in [1.54, 1.807) is 6.26 Å². The minimum absolute atomic E-state index is 0.865. The fourth-order valence-electron chi connectivity index (χ4n) is 1.21. The Kier molecular flexibility index (Phi) is 4.84. The van der Waals surface area contributed by atoms with Crippen molar-refractivity contribution in [1.29, 1.82) is 0 Å². The van der Waals surface area contributed by atoms with E-state index in [9.17, 15) is 4.21 Å². The maximum Gasteiger partial charge on any atom is 0.0498 e. The first-order valence-electron chi connectivity index (χ1n) is 4.87. The van der Waals surface area contributed by atoms with Crippen LogP contribution in [0.2, 0.25) is 0 Å². The zero-order valence-corrected chi connectivity index (χ0v) is 9.56. The molecule has 1 aromatic rings. The molecule has 14 heavy (non-hydrogen) atoms. The van der Waals surface area contributed by atoms with Crippen LogP contribution in [0, 0.1) is 0 Å². The molecule has 1 aromatic carbocycles. The van der Waals surface area contributed by atoms with Crippen molar-refractivity contribution in [3.8, 4) is 0 Å². The predicted molar refractivity (Wildman–Crippen MR) is 60.8 cm³/mol. The van der Waals surface area contributed by atoms with Crippen LogP contribution in [0.3, 0.4) is 0 Å². The van der Waals surface area contributed by atoms with Crippen LogP contribution in [0.1, 0.15) is 18.9 Å². The third-order valence-corrected chi connectivity index (χ3v) is 2.95. The fraction of sp³-hybridized carbons (Fsp3) is 0.455. The Morgan fingerprint density at radius 2 is 1.93 bits per heavy atom. The van der Waals surface area contributed by atoms with Crippen LogP contribution < -0.4 is 5.32 Å². The van der Waals surface area contributed by atoms with Gasteiger partial charge in [0.05, 0.1) is 0 Å². The molecule has 0 aliphatic carbocycles. The van der Waals surface area contributed by atoms with Crippen molar-refractivity contribution in [3.05, 3.63) is 29.8 Å². The summed E-state index contributed by atoms with van der Waals surface area (Å²) in [4.78, 5) is 0.893. The normalized spacial score (nSPS) is 12.7. The average Bonchev–Trinajstić information content (AvgIpc) is 2.19. The molecule has 1 rings (SSSR count). The van der Waals surface area contributed by atoms with E-state index in [1.807, 2.05) is 24.3 Å². The predicted octanol–water partition coefficient (Wildman–Crippen LogP) is 1.92. The molecule has 2 nitrogen and oxygen atoms in total. The van der Waals surface area contributed by atoms with Gasteiger partial charge >= 0.3 is 0 Å². The molecule has 1 unspecified atom stereocenters. The first kappa shape index (κ1) is 11.4. The molecule has 0 bridgehead atoms. The van der Waals surface area contributed by atoms with E-state index in [4.69, 9.17) is 0 Å². The zero-order chi connectivity index (χ0) is 10.4. The van der Waals surface area contributed by atoms with E-state index in [-0.39, 0.29) is 0 Å². The number of hydrogen-bond acceptors (Lipinski definition) is 2. The third-order valence-electron chi connectivity index (χ3n) is 2.01. The van der Waals surface area contributed by atoms with Gasteiger partial charge < -0.3 is 5.32 Å². The second kappa shape index (κ2) is 5.94. The monoisotopic (exact) mass is 211 g/mol. The molecule has 0 amide bonds. The van der Waals surface area contributed by atoms with Crippen molar-refractivity contribution >= 4 is 10.8 Å². The Morgan fingerprint density at radius 3 is 2.43 bits per heavy atom. The zero-order valence-electron chi connectivity index (χ0n) is 8.75. The quantitative estimate of drug-likeness (QED) is 0.754. The molecule has 0 fully saturated rings. The van der Waals surface area contributed by atoms with Gasteiger partial charge in [0.1, 0.15) is 0 Å². The highest BCUT2D eigenvalue weighted by Gasteiger charge is 1.96. The summed E-state index contributed by atoms with van der Waals surface area (Å²) in [6, 6.07) is 7.91. The van der Waals surface area contributed by atoms with Gasteiger partial charge in [0.15, 0.2) is 0 Å². The van der Waals surface area contributed by atoms with Crippen LogP contribution in [-0.2, 0) is 17.3 Å². The van der Waals surface area contributed by atoms with E-state index in [2.05, 4.69) is 12.2 Å². The topological polar surface area (TPSA) is 29.1 Å². The van der Waals surface area contributed by atoms with Crippen LogP contribution in [0.15, 0.2) is 29.2 Å². The largest absolute Gasteiger partial charge is 0.313 e. The molecule has 0 aliphatic heterocycles. The van der Waals surface area contributed by atoms with Gasteiger partial charge in [-0.15, -0.1) is 0 Å². The highest BCUT2D eigenvalue weighted by atomic mass is 32.2. The SMILES string of the molecule is CCCNCc1ccc(S(C)=O)cc1. The van der Waals surface area contributed by atoms with Crippen molar-refractivity contribution in [2.75, 3.05) is 12.8 Å². The second-order valence-electron chi connectivity index (χ2n) is 3.27. The van der Waals surface area contributed by atoms with E-state index in [1.165, 1.54) is 5.56 Å². The van der Waals surface area contributed by atoms with E-state index < -0.39 is 10.8 Å². The van der Waals surface area contributed by atoms with Crippen LogP contribution in [-0.4, -0.2) is 17.0 Å². The smallest absolute Gasteiger partial charge is 0.0498 e.